The molecule has 1 saturated carbocycles. The van der Waals surface area contributed by atoms with Crippen LogP contribution in [0.2, 0.25) is 10.0 Å². The number of carbonyl (C=O) groups excluding carboxylic acids is 2. The number of carboxylic acids is 1. The summed E-state index contributed by atoms with van der Waals surface area (Å²) in [5, 5.41) is 9.96. The number of sulfonamides is 1. The number of rotatable bonds is 9. The molecule has 4 atom stereocenters. The highest BCUT2D eigenvalue weighted by Crippen LogP contribution is 2.47. The van der Waals surface area contributed by atoms with Crippen molar-refractivity contribution in [2.24, 2.45) is 7.05 Å². The van der Waals surface area contributed by atoms with Gasteiger partial charge in [-0.3, -0.25) is 14.4 Å². The molecular formula is C30H32Cl2N4O7S. The molecular weight excluding hydrogens is 631 g/mol. The smallest absolute Gasteiger partial charge is 0.352 e. The number of nitrogens with zero attached hydrogens (tertiary/aromatic N) is 2. The van der Waals surface area contributed by atoms with Crippen LogP contribution in [-0.4, -0.2) is 59.1 Å². The predicted molar refractivity (Wildman–Crippen MR) is 164 cm³/mol. The Kier molecular flexibility index (Phi) is 9.38. The van der Waals surface area contributed by atoms with Crippen LogP contribution in [0.3, 0.4) is 0 Å². The number of aromatic nitrogens is 1. The molecule has 2 heterocycles. The molecule has 0 radical (unpaired) electrons. The fraction of sp³-hybridized carbons (Fsp3) is 0.367. The lowest BCUT2D eigenvalue weighted by atomic mass is 9.76. The molecule has 1 aromatic heterocycles. The van der Waals surface area contributed by atoms with Crippen LogP contribution in [0.4, 0.5) is 0 Å². The number of carboxylic acid groups (broad SMARTS) is 1. The lowest BCUT2D eigenvalue weighted by Crippen LogP contribution is -2.59. The van der Waals surface area contributed by atoms with Crippen molar-refractivity contribution in [3.8, 4) is 0 Å². The van der Waals surface area contributed by atoms with Crippen LogP contribution in [0.1, 0.15) is 75.3 Å². The number of hydrogen-bond acceptors (Lipinski definition) is 6. The standard InChI is InChI=1S/C30H32Cl2N4O7S/c1-35-18(12-14-25(35)30(39)40)16-43-33-28(37)26-19-7-3-4-8-20(19)29(38)36(27(26)21-13-11-17(31)15-22(21)32)24-10-6-5-9-23(24)34-44(2,41)42/h3-4,7-8,11-15,23-24,26-27,34H,5-6,9-10,16H2,1-2H3,(H,33,37)(H,39,40)/t23-,24-,26+,27-/m0/s1. The fourth-order valence-corrected chi connectivity index (χ4v) is 7.63. The Hall–Kier alpha value is -3.42. The first-order chi connectivity index (χ1) is 20.9. The lowest BCUT2D eigenvalue weighted by Gasteiger charge is -2.49. The Labute approximate surface area is 265 Å². The summed E-state index contributed by atoms with van der Waals surface area (Å²) in [5.41, 5.74) is 4.32. The van der Waals surface area contributed by atoms with E-state index in [1.54, 1.807) is 54.4 Å². The van der Waals surface area contributed by atoms with Crippen molar-refractivity contribution in [2.45, 2.75) is 56.3 Å². The first-order valence-corrected chi connectivity index (χ1v) is 16.7. The molecule has 234 valence electrons. The minimum atomic E-state index is -3.61. The van der Waals surface area contributed by atoms with E-state index in [1.165, 1.54) is 16.7 Å². The van der Waals surface area contributed by atoms with E-state index in [0.29, 0.717) is 40.2 Å². The molecule has 1 aliphatic carbocycles. The molecule has 1 aliphatic heterocycles. The highest BCUT2D eigenvalue weighted by molar-refractivity contribution is 7.88. The average molecular weight is 664 g/mol. The van der Waals surface area contributed by atoms with Gasteiger partial charge in [-0.05, 0) is 54.3 Å². The summed E-state index contributed by atoms with van der Waals surface area (Å²) in [6.45, 7) is -0.123. The van der Waals surface area contributed by atoms with Crippen molar-refractivity contribution in [1.29, 1.82) is 0 Å². The maximum absolute atomic E-state index is 14.3. The Morgan fingerprint density at radius 2 is 1.77 bits per heavy atom. The molecule has 2 aliphatic rings. The third-order valence-electron chi connectivity index (χ3n) is 8.23. The maximum atomic E-state index is 14.3. The highest BCUT2D eigenvalue weighted by atomic mass is 35.5. The summed E-state index contributed by atoms with van der Waals surface area (Å²) in [6.07, 6.45) is 3.63. The molecule has 2 amide bonds. The van der Waals surface area contributed by atoms with E-state index in [1.807, 2.05) is 0 Å². The summed E-state index contributed by atoms with van der Waals surface area (Å²) in [6, 6.07) is 12.5. The lowest BCUT2D eigenvalue weighted by molar-refractivity contribution is -0.138. The van der Waals surface area contributed by atoms with Gasteiger partial charge in [0.2, 0.25) is 10.0 Å². The SMILES string of the molecule is Cn1c(CONC(=O)[C@@H]2c3ccccc3C(=O)N([C@H]3CCCC[C@@H]3NS(C)(=O)=O)[C@H]2c2ccc(Cl)cc2Cl)ccc1C(=O)O. The van der Waals surface area contributed by atoms with Gasteiger partial charge >= 0.3 is 5.97 Å². The van der Waals surface area contributed by atoms with Gasteiger partial charge in [0.15, 0.2) is 0 Å². The number of benzene rings is 2. The number of halogens is 2. The van der Waals surface area contributed by atoms with Crippen LogP contribution >= 0.6 is 23.2 Å². The zero-order valence-corrected chi connectivity index (χ0v) is 26.3. The van der Waals surface area contributed by atoms with Gasteiger partial charge in [0, 0.05) is 40.4 Å². The summed E-state index contributed by atoms with van der Waals surface area (Å²) < 4.78 is 28.9. The molecule has 1 fully saturated rings. The zero-order chi connectivity index (χ0) is 31.8. The summed E-state index contributed by atoms with van der Waals surface area (Å²) in [5.74, 6) is -3.02. The van der Waals surface area contributed by atoms with E-state index in [-0.39, 0.29) is 23.2 Å². The first kappa shape index (κ1) is 32.0. The number of hydrogen-bond donors (Lipinski definition) is 3. The zero-order valence-electron chi connectivity index (χ0n) is 24.0. The summed E-state index contributed by atoms with van der Waals surface area (Å²) in [7, 11) is -2.04. The fourth-order valence-electron chi connectivity index (χ4n) is 6.29. The van der Waals surface area contributed by atoms with Crippen LogP contribution in [0.15, 0.2) is 54.6 Å². The second-order valence-corrected chi connectivity index (χ2v) is 13.7. The molecule has 0 bridgehead atoms. The molecule has 2 aromatic carbocycles. The van der Waals surface area contributed by atoms with E-state index in [0.717, 1.165) is 19.1 Å². The van der Waals surface area contributed by atoms with Gasteiger partial charge in [-0.15, -0.1) is 0 Å². The first-order valence-electron chi connectivity index (χ1n) is 14.0. The highest BCUT2D eigenvalue weighted by Gasteiger charge is 2.49. The number of hydroxylamine groups is 1. The molecule has 5 rings (SSSR count). The van der Waals surface area contributed by atoms with Crippen molar-refractivity contribution in [3.63, 3.8) is 0 Å². The molecule has 0 spiro atoms. The van der Waals surface area contributed by atoms with Gasteiger partial charge < -0.3 is 14.6 Å². The van der Waals surface area contributed by atoms with Crippen molar-refractivity contribution in [1.82, 2.24) is 19.7 Å². The van der Waals surface area contributed by atoms with Crippen molar-refractivity contribution >= 4 is 51.0 Å². The van der Waals surface area contributed by atoms with Gasteiger partial charge in [-0.1, -0.05) is 60.3 Å². The normalized spacial score (nSPS) is 22.0. The number of nitrogens with one attached hydrogen (secondary N) is 2. The largest absolute Gasteiger partial charge is 0.477 e. The van der Waals surface area contributed by atoms with Crippen molar-refractivity contribution in [3.05, 3.63) is 92.7 Å². The second-order valence-electron chi connectivity index (χ2n) is 11.1. The Balaban J connectivity index is 1.57. The minimum absolute atomic E-state index is 0.0625. The number of fused-ring (bicyclic) bond motifs is 1. The van der Waals surface area contributed by atoms with Crippen molar-refractivity contribution < 1.29 is 32.7 Å². The third kappa shape index (κ3) is 6.50. The number of carbonyl (C=O) groups is 3. The van der Waals surface area contributed by atoms with Crippen LogP contribution < -0.4 is 10.2 Å². The monoisotopic (exact) mass is 662 g/mol. The minimum Gasteiger partial charge on any atom is -0.477 e. The van der Waals surface area contributed by atoms with Crippen LogP contribution in [0, 0.1) is 0 Å². The molecule has 11 nitrogen and oxygen atoms in total. The van der Waals surface area contributed by atoms with Gasteiger partial charge in [0.25, 0.3) is 11.8 Å². The van der Waals surface area contributed by atoms with Crippen LogP contribution in [0.25, 0.3) is 0 Å². The quantitative estimate of drug-likeness (QED) is 0.287. The van der Waals surface area contributed by atoms with E-state index >= 15 is 0 Å². The molecule has 44 heavy (non-hydrogen) atoms. The number of amides is 2. The van der Waals surface area contributed by atoms with Gasteiger partial charge in [0.05, 0.1) is 18.2 Å². The Bertz CT molecular complexity index is 1710. The Morgan fingerprint density at radius 1 is 1.05 bits per heavy atom. The van der Waals surface area contributed by atoms with Gasteiger partial charge in [-0.2, -0.15) is 0 Å². The van der Waals surface area contributed by atoms with Gasteiger partial charge in [0.1, 0.15) is 12.3 Å². The van der Waals surface area contributed by atoms with Crippen molar-refractivity contribution in [2.75, 3.05) is 6.26 Å². The van der Waals surface area contributed by atoms with Gasteiger partial charge in [-0.25, -0.2) is 23.4 Å². The second kappa shape index (κ2) is 12.9. The van der Waals surface area contributed by atoms with E-state index in [4.69, 9.17) is 28.0 Å². The predicted octanol–water partition coefficient (Wildman–Crippen LogP) is 4.42. The third-order valence-corrected chi connectivity index (χ3v) is 9.52. The van der Waals surface area contributed by atoms with E-state index < -0.39 is 45.9 Å². The topological polar surface area (TPSA) is 147 Å². The van der Waals surface area contributed by atoms with E-state index in [2.05, 4.69) is 10.2 Å². The Morgan fingerprint density at radius 3 is 2.45 bits per heavy atom. The summed E-state index contributed by atoms with van der Waals surface area (Å²) in [4.78, 5) is 47.0. The van der Waals surface area contributed by atoms with Crippen LogP contribution in [-0.2, 0) is 33.3 Å². The van der Waals surface area contributed by atoms with Crippen LogP contribution in [0.5, 0.6) is 0 Å². The number of aromatic carboxylic acids is 1. The maximum Gasteiger partial charge on any atom is 0.352 e. The molecule has 14 heteroatoms. The van der Waals surface area contributed by atoms with E-state index in [9.17, 15) is 27.9 Å². The average Bonchev–Trinajstić information content (AvgIpc) is 3.33. The molecule has 0 saturated heterocycles. The molecule has 3 N–H and O–H groups in total. The molecule has 0 unspecified atom stereocenters. The summed E-state index contributed by atoms with van der Waals surface area (Å²) >= 11 is 13.0. The molecule has 3 aromatic rings.